The highest BCUT2D eigenvalue weighted by Crippen LogP contribution is 2.32. The normalized spacial score (nSPS) is 16.3. The molecule has 9 nitrogen and oxygen atoms in total. The van der Waals surface area contributed by atoms with Gasteiger partial charge in [-0.2, -0.15) is 0 Å². The van der Waals surface area contributed by atoms with Crippen LogP contribution in [0.25, 0.3) is 11.0 Å². The predicted octanol–water partition coefficient (Wildman–Crippen LogP) is 5.71. The van der Waals surface area contributed by atoms with Gasteiger partial charge in [0.25, 0.3) is 5.91 Å². The standard InChI is InChI=1S/C37H38ClN3O6/c1-46-28-13-14-30-32(42)22-34(47-33(30)21-28)36(44)39-31(20-24-9-11-27(38)12-10-24)37(45)40-18-15-25(16-19-40)29-7-3-2-6-26(29)23-41-17-5-4-8-35(41)43/h2-3,6-7,9-14,21-22,25,31H,4-5,8,15-20,23H2,1H3,(H,39,44)/t31-/m1/s1. The van der Waals surface area contributed by atoms with Crippen molar-refractivity contribution in [2.24, 2.45) is 0 Å². The molecule has 4 aromatic rings. The first-order valence-corrected chi connectivity index (χ1v) is 16.5. The van der Waals surface area contributed by atoms with Crippen LogP contribution >= 0.6 is 11.6 Å². The van der Waals surface area contributed by atoms with Crippen molar-refractivity contribution in [2.45, 2.75) is 57.0 Å². The maximum absolute atomic E-state index is 14.0. The Bertz CT molecular complexity index is 1830. The first kappa shape index (κ1) is 32.3. The molecule has 2 fully saturated rings. The zero-order chi connectivity index (χ0) is 32.9. The molecule has 1 N–H and O–H groups in total. The van der Waals surface area contributed by atoms with Gasteiger partial charge in [-0.15, -0.1) is 0 Å². The second kappa shape index (κ2) is 14.4. The average Bonchev–Trinajstić information content (AvgIpc) is 3.09. The number of carbonyl (C=O) groups excluding carboxylic acids is 3. The lowest BCUT2D eigenvalue weighted by Gasteiger charge is -2.36. The molecule has 2 saturated heterocycles. The molecule has 244 valence electrons. The summed E-state index contributed by atoms with van der Waals surface area (Å²) in [5.74, 6) is -0.0996. The van der Waals surface area contributed by atoms with Crippen molar-refractivity contribution in [3.63, 3.8) is 0 Å². The fourth-order valence-electron chi connectivity index (χ4n) is 6.60. The van der Waals surface area contributed by atoms with Crippen molar-refractivity contribution in [3.8, 4) is 5.75 Å². The SMILES string of the molecule is COc1ccc2c(=O)cc(C(=O)N[C@H](Cc3ccc(Cl)cc3)C(=O)N3CCC(c4ccccc4CN4CCCCC4=O)CC3)oc2c1. The van der Waals surface area contributed by atoms with Crippen LogP contribution in [0.3, 0.4) is 0 Å². The van der Waals surface area contributed by atoms with Gasteiger partial charge < -0.3 is 24.3 Å². The third-order valence-electron chi connectivity index (χ3n) is 9.20. The van der Waals surface area contributed by atoms with Crippen LogP contribution in [0.2, 0.25) is 5.02 Å². The van der Waals surface area contributed by atoms with Gasteiger partial charge in [0.05, 0.1) is 12.5 Å². The van der Waals surface area contributed by atoms with Crippen molar-refractivity contribution in [1.29, 1.82) is 0 Å². The number of halogens is 1. The highest BCUT2D eigenvalue weighted by atomic mass is 35.5. The summed E-state index contributed by atoms with van der Waals surface area (Å²) in [7, 11) is 1.50. The molecule has 0 spiro atoms. The molecule has 0 bridgehead atoms. The molecule has 2 aliphatic rings. The lowest BCUT2D eigenvalue weighted by Crippen LogP contribution is -2.51. The number of nitrogens with zero attached hydrogens (tertiary/aromatic N) is 2. The van der Waals surface area contributed by atoms with Gasteiger partial charge in [0.15, 0.2) is 11.2 Å². The van der Waals surface area contributed by atoms with E-state index in [4.69, 9.17) is 20.8 Å². The van der Waals surface area contributed by atoms with E-state index < -0.39 is 11.9 Å². The maximum Gasteiger partial charge on any atom is 0.287 e. The van der Waals surface area contributed by atoms with Crippen LogP contribution in [0.4, 0.5) is 0 Å². The van der Waals surface area contributed by atoms with E-state index in [0.717, 1.165) is 49.4 Å². The van der Waals surface area contributed by atoms with Crippen LogP contribution in [0.1, 0.15) is 65.3 Å². The number of nitrogens with one attached hydrogen (secondary N) is 1. The highest BCUT2D eigenvalue weighted by molar-refractivity contribution is 6.30. The monoisotopic (exact) mass is 655 g/mol. The van der Waals surface area contributed by atoms with Gasteiger partial charge in [0, 0.05) is 56.2 Å². The van der Waals surface area contributed by atoms with Crippen molar-refractivity contribution >= 4 is 40.3 Å². The first-order chi connectivity index (χ1) is 22.8. The Hall–Kier alpha value is -4.63. The number of piperidine rings is 2. The Morgan fingerprint density at radius 1 is 0.979 bits per heavy atom. The first-order valence-electron chi connectivity index (χ1n) is 16.1. The zero-order valence-corrected chi connectivity index (χ0v) is 27.1. The van der Waals surface area contributed by atoms with Gasteiger partial charge >= 0.3 is 0 Å². The molecule has 10 heteroatoms. The van der Waals surface area contributed by atoms with Gasteiger partial charge in [-0.05, 0) is 72.6 Å². The van der Waals surface area contributed by atoms with Gasteiger partial charge in [-0.3, -0.25) is 19.2 Å². The molecular weight excluding hydrogens is 618 g/mol. The van der Waals surface area contributed by atoms with E-state index in [0.29, 0.717) is 42.2 Å². The summed E-state index contributed by atoms with van der Waals surface area (Å²) in [6.45, 7) is 2.45. The summed E-state index contributed by atoms with van der Waals surface area (Å²) in [5, 5.41) is 3.74. The Balaban J connectivity index is 1.18. The molecule has 0 aliphatic carbocycles. The van der Waals surface area contributed by atoms with Crippen molar-refractivity contribution in [1.82, 2.24) is 15.1 Å². The molecule has 3 aromatic carbocycles. The number of rotatable bonds is 9. The van der Waals surface area contributed by atoms with E-state index in [2.05, 4.69) is 17.4 Å². The van der Waals surface area contributed by atoms with Crippen LogP contribution in [0, 0.1) is 0 Å². The molecule has 0 unspecified atom stereocenters. The molecular formula is C37H38ClN3O6. The summed E-state index contributed by atoms with van der Waals surface area (Å²) < 4.78 is 11.1. The lowest BCUT2D eigenvalue weighted by molar-refractivity contribution is -0.135. The molecule has 47 heavy (non-hydrogen) atoms. The van der Waals surface area contributed by atoms with Crippen LogP contribution in [0.15, 0.2) is 82.0 Å². The number of likely N-dealkylation sites (tertiary alicyclic amines) is 2. The lowest BCUT2D eigenvalue weighted by atomic mass is 9.86. The number of hydrogen-bond acceptors (Lipinski definition) is 6. The Morgan fingerprint density at radius 2 is 1.74 bits per heavy atom. The summed E-state index contributed by atoms with van der Waals surface area (Å²) in [5.41, 5.74) is 3.07. The molecule has 0 saturated carbocycles. The number of hydrogen-bond donors (Lipinski definition) is 1. The molecule has 2 aliphatic heterocycles. The minimum Gasteiger partial charge on any atom is -0.497 e. The van der Waals surface area contributed by atoms with E-state index in [9.17, 15) is 19.2 Å². The van der Waals surface area contributed by atoms with E-state index in [1.165, 1.54) is 12.7 Å². The van der Waals surface area contributed by atoms with Crippen molar-refractivity contribution in [3.05, 3.63) is 110 Å². The van der Waals surface area contributed by atoms with E-state index in [1.807, 2.05) is 29.2 Å². The molecule has 3 heterocycles. The Morgan fingerprint density at radius 3 is 2.49 bits per heavy atom. The molecule has 3 amide bonds. The molecule has 6 rings (SSSR count). The van der Waals surface area contributed by atoms with E-state index >= 15 is 0 Å². The number of methoxy groups -OCH3 is 1. The molecule has 1 aromatic heterocycles. The fraction of sp³-hybridized carbons (Fsp3) is 0.351. The summed E-state index contributed by atoms with van der Waals surface area (Å²) in [6, 6.07) is 20.5. The summed E-state index contributed by atoms with van der Waals surface area (Å²) in [4.78, 5) is 56.6. The summed E-state index contributed by atoms with van der Waals surface area (Å²) in [6.07, 6.45) is 4.36. The second-order valence-electron chi connectivity index (χ2n) is 12.3. The van der Waals surface area contributed by atoms with E-state index in [1.54, 1.807) is 35.2 Å². The Labute approximate surface area is 278 Å². The molecule has 0 radical (unpaired) electrons. The third kappa shape index (κ3) is 7.52. The van der Waals surface area contributed by atoms with Crippen LogP contribution in [0.5, 0.6) is 5.75 Å². The van der Waals surface area contributed by atoms with Crippen molar-refractivity contribution < 1.29 is 23.5 Å². The van der Waals surface area contributed by atoms with Gasteiger partial charge in [0.1, 0.15) is 17.4 Å². The zero-order valence-electron chi connectivity index (χ0n) is 26.4. The van der Waals surface area contributed by atoms with Gasteiger partial charge in [-0.25, -0.2) is 0 Å². The second-order valence-corrected chi connectivity index (χ2v) is 12.7. The number of benzene rings is 3. The topological polar surface area (TPSA) is 109 Å². The fourth-order valence-corrected chi connectivity index (χ4v) is 6.73. The smallest absolute Gasteiger partial charge is 0.287 e. The van der Waals surface area contributed by atoms with Crippen LogP contribution in [-0.4, -0.2) is 60.3 Å². The largest absolute Gasteiger partial charge is 0.497 e. The van der Waals surface area contributed by atoms with Gasteiger partial charge in [-0.1, -0.05) is 48.0 Å². The van der Waals surface area contributed by atoms with E-state index in [-0.39, 0.29) is 40.9 Å². The highest BCUT2D eigenvalue weighted by Gasteiger charge is 2.32. The quantitative estimate of drug-likeness (QED) is 0.247. The third-order valence-corrected chi connectivity index (χ3v) is 9.45. The van der Waals surface area contributed by atoms with Crippen LogP contribution < -0.4 is 15.5 Å². The molecule has 1 atom stereocenters. The van der Waals surface area contributed by atoms with Gasteiger partial charge in [0.2, 0.25) is 11.8 Å². The number of amides is 3. The van der Waals surface area contributed by atoms with Crippen LogP contribution in [-0.2, 0) is 22.6 Å². The maximum atomic E-state index is 14.0. The number of carbonyl (C=O) groups is 3. The summed E-state index contributed by atoms with van der Waals surface area (Å²) >= 11 is 6.10. The predicted molar refractivity (Wildman–Crippen MR) is 180 cm³/mol. The van der Waals surface area contributed by atoms with Crippen molar-refractivity contribution in [2.75, 3.05) is 26.7 Å². The number of ether oxygens (including phenoxy) is 1. The number of fused-ring (bicyclic) bond motifs is 1. The average molecular weight is 656 g/mol. The minimum atomic E-state index is -0.899. The minimum absolute atomic E-state index is 0.188. The Kier molecular flexibility index (Phi) is 9.92.